The van der Waals surface area contributed by atoms with Gasteiger partial charge in [-0.15, -0.1) is 0 Å². The minimum Gasteiger partial charge on any atom is -0.491 e. The fourth-order valence-electron chi connectivity index (χ4n) is 0.967. The Morgan fingerprint density at radius 1 is 1.14 bits per heavy atom. The second-order valence-electron chi connectivity index (χ2n) is 2.82. The van der Waals surface area contributed by atoms with Gasteiger partial charge in [-0.25, -0.2) is 0 Å². The van der Waals surface area contributed by atoms with Gasteiger partial charge in [0, 0.05) is 0 Å². The van der Waals surface area contributed by atoms with E-state index in [0.717, 1.165) is 5.75 Å². The van der Waals surface area contributed by atoms with Crippen molar-refractivity contribution in [3.8, 4) is 5.75 Å². The van der Waals surface area contributed by atoms with Gasteiger partial charge in [-0.2, -0.15) is 0 Å². The van der Waals surface area contributed by atoms with Crippen LogP contribution in [0.25, 0.3) is 0 Å². The Hall–Kier alpha value is -1.02. The van der Waals surface area contributed by atoms with Gasteiger partial charge in [0.25, 0.3) is 0 Å². The molecule has 0 unspecified atom stereocenters. The number of aliphatic hydroxyl groups excluding tert-OH is 1. The van der Waals surface area contributed by atoms with Gasteiger partial charge in [-0.3, -0.25) is 0 Å². The molecule has 0 saturated heterocycles. The second kappa shape index (κ2) is 7.39. The molecule has 1 aromatic carbocycles. The van der Waals surface area contributed by atoms with Crippen LogP contribution in [0, 0.1) is 13.8 Å². The average molecular weight is 196 g/mol. The number of aryl methyl sites for hydroxylation is 2. The normalized spacial score (nSPS) is 8.93. The predicted molar refractivity (Wildman–Crippen MR) is 59.8 cm³/mol. The molecule has 0 fully saturated rings. The van der Waals surface area contributed by atoms with Crippen LogP contribution in [0.3, 0.4) is 0 Å². The van der Waals surface area contributed by atoms with Crippen LogP contribution in [0.15, 0.2) is 18.2 Å². The fraction of sp³-hybridized carbons (Fsp3) is 0.500. The Morgan fingerprint density at radius 3 is 2.29 bits per heavy atom. The zero-order valence-corrected chi connectivity index (χ0v) is 9.50. The standard InChI is InChI=1S/C10H14O2.C2H6/c1-8-3-4-10(7-9(8)2)12-6-5-11;1-2/h3-4,7,11H,5-6H2,1-2H3;1-2H3. The SMILES string of the molecule is CC.Cc1ccc(OCCO)cc1C. The van der Waals surface area contributed by atoms with Gasteiger partial charge in [0.1, 0.15) is 12.4 Å². The van der Waals surface area contributed by atoms with Crippen molar-refractivity contribution in [1.82, 2.24) is 0 Å². The summed E-state index contributed by atoms with van der Waals surface area (Å²) in [6.07, 6.45) is 0. The average Bonchev–Trinajstić information content (AvgIpc) is 2.23. The first-order valence-electron chi connectivity index (χ1n) is 5.05. The molecule has 0 aliphatic heterocycles. The second-order valence-corrected chi connectivity index (χ2v) is 2.82. The van der Waals surface area contributed by atoms with Gasteiger partial charge < -0.3 is 9.84 Å². The first kappa shape index (κ1) is 13.0. The first-order chi connectivity index (χ1) is 6.74. The van der Waals surface area contributed by atoms with E-state index in [4.69, 9.17) is 9.84 Å². The lowest BCUT2D eigenvalue weighted by molar-refractivity contribution is 0.201. The highest BCUT2D eigenvalue weighted by molar-refractivity contribution is 5.33. The maximum atomic E-state index is 8.53. The minimum absolute atomic E-state index is 0.0624. The van der Waals surface area contributed by atoms with Gasteiger partial charge in [0.05, 0.1) is 6.61 Å². The third kappa shape index (κ3) is 4.28. The topological polar surface area (TPSA) is 29.5 Å². The van der Waals surface area contributed by atoms with Crippen LogP contribution in [0.5, 0.6) is 5.75 Å². The summed E-state index contributed by atoms with van der Waals surface area (Å²) < 4.78 is 5.24. The highest BCUT2D eigenvalue weighted by Gasteiger charge is 1.95. The number of ether oxygens (including phenoxy) is 1. The molecule has 14 heavy (non-hydrogen) atoms. The van der Waals surface area contributed by atoms with Crippen molar-refractivity contribution in [2.24, 2.45) is 0 Å². The molecular weight excluding hydrogens is 176 g/mol. The summed E-state index contributed by atoms with van der Waals surface area (Å²) >= 11 is 0. The molecule has 0 amide bonds. The maximum Gasteiger partial charge on any atom is 0.119 e. The Morgan fingerprint density at radius 2 is 1.79 bits per heavy atom. The third-order valence-electron chi connectivity index (χ3n) is 1.84. The van der Waals surface area contributed by atoms with Crippen LogP contribution >= 0.6 is 0 Å². The van der Waals surface area contributed by atoms with E-state index >= 15 is 0 Å². The monoisotopic (exact) mass is 196 g/mol. The Bertz CT molecular complexity index is 256. The summed E-state index contributed by atoms with van der Waals surface area (Å²) in [5.41, 5.74) is 2.47. The summed E-state index contributed by atoms with van der Waals surface area (Å²) in [5, 5.41) is 8.53. The van der Waals surface area contributed by atoms with E-state index in [1.807, 2.05) is 39.0 Å². The minimum atomic E-state index is 0.0624. The van der Waals surface area contributed by atoms with Crippen molar-refractivity contribution in [1.29, 1.82) is 0 Å². The Balaban J connectivity index is 0.000000791. The lowest BCUT2D eigenvalue weighted by Crippen LogP contribution is -2.01. The van der Waals surface area contributed by atoms with Crippen LogP contribution in [-0.4, -0.2) is 18.3 Å². The van der Waals surface area contributed by atoms with Crippen LogP contribution in [0.2, 0.25) is 0 Å². The lowest BCUT2D eigenvalue weighted by atomic mass is 10.1. The van der Waals surface area contributed by atoms with E-state index in [9.17, 15) is 0 Å². The Kier molecular flexibility index (Phi) is 6.85. The van der Waals surface area contributed by atoms with Gasteiger partial charge in [-0.1, -0.05) is 19.9 Å². The number of hydrogen-bond acceptors (Lipinski definition) is 2. The molecule has 0 atom stereocenters. The molecule has 0 aromatic heterocycles. The molecule has 0 spiro atoms. The Labute approximate surface area is 86.5 Å². The maximum absolute atomic E-state index is 8.53. The predicted octanol–water partition coefficient (Wildman–Crippen LogP) is 2.70. The number of benzene rings is 1. The molecule has 0 heterocycles. The molecule has 2 nitrogen and oxygen atoms in total. The molecule has 0 aliphatic rings. The van der Waals surface area contributed by atoms with Crippen molar-refractivity contribution in [3.63, 3.8) is 0 Å². The fourth-order valence-corrected chi connectivity index (χ4v) is 0.967. The molecule has 1 rings (SSSR count). The summed E-state index contributed by atoms with van der Waals surface area (Å²) in [6, 6.07) is 5.91. The van der Waals surface area contributed by atoms with Gasteiger partial charge >= 0.3 is 0 Å². The molecule has 1 N–H and O–H groups in total. The van der Waals surface area contributed by atoms with E-state index in [1.165, 1.54) is 11.1 Å². The van der Waals surface area contributed by atoms with Gasteiger partial charge in [0.15, 0.2) is 0 Å². The molecular formula is C12H20O2. The molecule has 1 aromatic rings. The van der Waals surface area contributed by atoms with E-state index in [0.29, 0.717) is 6.61 Å². The highest BCUT2D eigenvalue weighted by Crippen LogP contribution is 2.15. The van der Waals surface area contributed by atoms with Crippen LogP contribution in [-0.2, 0) is 0 Å². The highest BCUT2D eigenvalue weighted by atomic mass is 16.5. The van der Waals surface area contributed by atoms with E-state index in [2.05, 4.69) is 6.92 Å². The van der Waals surface area contributed by atoms with E-state index < -0.39 is 0 Å². The van der Waals surface area contributed by atoms with Crippen molar-refractivity contribution < 1.29 is 9.84 Å². The quantitative estimate of drug-likeness (QED) is 0.805. The summed E-state index contributed by atoms with van der Waals surface area (Å²) in [6.45, 7) is 8.53. The van der Waals surface area contributed by atoms with Gasteiger partial charge in [0.2, 0.25) is 0 Å². The van der Waals surface area contributed by atoms with Crippen molar-refractivity contribution in [3.05, 3.63) is 29.3 Å². The van der Waals surface area contributed by atoms with Crippen molar-refractivity contribution in [2.45, 2.75) is 27.7 Å². The number of hydrogen-bond donors (Lipinski definition) is 1. The first-order valence-corrected chi connectivity index (χ1v) is 5.05. The van der Waals surface area contributed by atoms with Gasteiger partial charge in [-0.05, 0) is 37.1 Å². The molecule has 0 radical (unpaired) electrons. The number of rotatable bonds is 3. The van der Waals surface area contributed by atoms with Crippen LogP contribution in [0.4, 0.5) is 0 Å². The lowest BCUT2D eigenvalue weighted by Gasteiger charge is -2.06. The van der Waals surface area contributed by atoms with Crippen molar-refractivity contribution >= 4 is 0 Å². The molecule has 0 aliphatic carbocycles. The third-order valence-corrected chi connectivity index (χ3v) is 1.84. The molecule has 80 valence electrons. The summed E-state index contributed by atoms with van der Waals surface area (Å²) in [4.78, 5) is 0. The van der Waals surface area contributed by atoms with E-state index in [-0.39, 0.29) is 6.61 Å². The largest absolute Gasteiger partial charge is 0.491 e. The summed E-state index contributed by atoms with van der Waals surface area (Å²) in [7, 11) is 0. The smallest absolute Gasteiger partial charge is 0.119 e. The van der Waals surface area contributed by atoms with E-state index in [1.54, 1.807) is 0 Å². The van der Waals surface area contributed by atoms with Crippen LogP contribution in [0.1, 0.15) is 25.0 Å². The molecule has 2 heteroatoms. The zero-order chi connectivity index (χ0) is 11.0. The zero-order valence-electron chi connectivity index (χ0n) is 9.50. The molecule has 0 bridgehead atoms. The molecule has 0 saturated carbocycles. The summed E-state index contributed by atoms with van der Waals surface area (Å²) in [5.74, 6) is 0.826. The van der Waals surface area contributed by atoms with Crippen molar-refractivity contribution in [2.75, 3.05) is 13.2 Å². The van der Waals surface area contributed by atoms with Crippen LogP contribution < -0.4 is 4.74 Å². The number of aliphatic hydroxyl groups is 1.